The first-order valence-corrected chi connectivity index (χ1v) is 9.99. The molecule has 0 aromatic carbocycles. The summed E-state index contributed by atoms with van der Waals surface area (Å²) in [5, 5.41) is 0. The number of pyridine rings is 1. The highest BCUT2D eigenvalue weighted by molar-refractivity contribution is 5.88. The van der Waals surface area contributed by atoms with Gasteiger partial charge in [0.25, 0.3) is 0 Å². The molecule has 1 aromatic rings. The number of piperidine rings is 1. The number of hydrogen-bond acceptors (Lipinski definition) is 4. The van der Waals surface area contributed by atoms with Crippen LogP contribution in [0.4, 0.5) is 10.6 Å². The Hall–Kier alpha value is -1.62. The molecule has 1 fully saturated rings. The molecule has 0 saturated carbocycles. The van der Waals surface area contributed by atoms with Gasteiger partial charge in [0.2, 0.25) is 0 Å². The van der Waals surface area contributed by atoms with Crippen LogP contribution in [0.3, 0.4) is 0 Å². The first-order valence-electron chi connectivity index (χ1n) is 9.99. The molecule has 0 bridgehead atoms. The first kappa shape index (κ1) is 20.7. The number of aromatic nitrogens is 1. The van der Waals surface area contributed by atoms with Crippen LogP contribution in [0.5, 0.6) is 0 Å². The molecule has 26 heavy (non-hydrogen) atoms. The van der Waals surface area contributed by atoms with Crippen molar-refractivity contribution in [1.29, 1.82) is 0 Å². The molecule has 146 valence electrons. The smallest absolute Gasteiger partial charge is 0.416 e. The van der Waals surface area contributed by atoms with Gasteiger partial charge in [-0.1, -0.05) is 26.3 Å². The summed E-state index contributed by atoms with van der Waals surface area (Å²) in [6.07, 6.45) is 5.86. The zero-order chi connectivity index (χ0) is 19.3. The van der Waals surface area contributed by atoms with Crippen LogP contribution in [-0.2, 0) is 4.74 Å². The van der Waals surface area contributed by atoms with Crippen LogP contribution in [0.25, 0.3) is 0 Å². The molecule has 0 unspecified atom stereocenters. The highest BCUT2D eigenvalue weighted by Gasteiger charge is 2.33. The van der Waals surface area contributed by atoms with E-state index in [-0.39, 0.29) is 12.1 Å². The summed E-state index contributed by atoms with van der Waals surface area (Å²) in [5.74, 6) is 0.751. The number of anilines is 1. The molecule has 2 heterocycles. The molecule has 0 N–H and O–H groups in total. The Labute approximate surface area is 158 Å². The van der Waals surface area contributed by atoms with E-state index >= 15 is 0 Å². The lowest BCUT2D eigenvalue weighted by atomic mass is 9.95. The summed E-state index contributed by atoms with van der Waals surface area (Å²) in [6, 6.07) is 4.44. The van der Waals surface area contributed by atoms with Gasteiger partial charge in [-0.3, -0.25) is 9.80 Å². The number of carbonyl (C=O) groups is 1. The average molecular weight is 362 g/mol. The third-order valence-electron chi connectivity index (χ3n) is 5.05. The minimum absolute atomic E-state index is 0.0252. The monoisotopic (exact) mass is 361 g/mol. The standard InChI is InChI=1S/C21H35N3O2/c1-7-16(3)24(20(25)26-21(4,5)6)19-17(12-11-14-22-19)18-13-9-10-15-23(18)8-2/h11-12,14,16,18H,7-10,13,15H2,1-6H3/t16-,18+/m1/s1. The molecule has 2 atom stereocenters. The van der Waals surface area contributed by atoms with Crippen molar-refractivity contribution in [3.8, 4) is 0 Å². The molecular formula is C21H35N3O2. The second kappa shape index (κ2) is 8.85. The summed E-state index contributed by atoms with van der Waals surface area (Å²) in [4.78, 5) is 21.9. The second-order valence-electron chi connectivity index (χ2n) is 8.16. The van der Waals surface area contributed by atoms with Gasteiger partial charge >= 0.3 is 6.09 Å². The minimum atomic E-state index is -0.530. The van der Waals surface area contributed by atoms with E-state index in [0.717, 1.165) is 37.3 Å². The number of rotatable bonds is 5. The third kappa shape index (κ3) is 4.97. The number of ether oxygens (including phenoxy) is 1. The Morgan fingerprint density at radius 2 is 2.12 bits per heavy atom. The van der Waals surface area contributed by atoms with Gasteiger partial charge in [0.15, 0.2) is 0 Å². The van der Waals surface area contributed by atoms with E-state index in [2.05, 4.69) is 36.7 Å². The lowest BCUT2D eigenvalue weighted by Gasteiger charge is -2.38. The van der Waals surface area contributed by atoms with Crippen molar-refractivity contribution in [3.05, 3.63) is 23.9 Å². The van der Waals surface area contributed by atoms with Crippen molar-refractivity contribution < 1.29 is 9.53 Å². The first-order chi connectivity index (χ1) is 12.3. The van der Waals surface area contributed by atoms with E-state index in [9.17, 15) is 4.79 Å². The Kier molecular flexibility index (Phi) is 7.04. The quantitative estimate of drug-likeness (QED) is 0.726. The molecule has 1 aliphatic rings. The van der Waals surface area contributed by atoms with Crippen molar-refractivity contribution in [2.75, 3.05) is 18.0 Å². The van der Waals surface area contributed by atoms with Crippen LogP contribution in [0, 0.1) is 0 Å². The van der Waals surface area contributed by atoms with Gasteiger partial charge in [0.1, 0.15) is 11.4 Å². The van der Waals surface area contributed by atoms with Crippen molar-refractivity contribution in [2.45, 2.75) is 84.9 Å². The fraction of sp³-hybridized carbons (Fsp3) is 0.714. The molecule has 2 rings (SSSR count). The zero-order valence-electron chi connectivity index (χ0n) is 17.3. The highest BCUT2D eigenvalue weighted by atomic mass is 16.6. The van der Waals surface area contributed by atoms with Crippen molar-refractivity contribution in [1.82, 2.24) is 9.88 Å². The van der Waals surface area contributed by atoms with Gasteiger partial charge in [-0.05, 0) is 66.1 Å². The number of carbonyl (C=O) groups excluding carboxylic acids is 1. The maximum Gasteiger partial charge on any atom is 0.416 e. The predicted octanol–water partition coefficient (Wildman–Crippen LogP) is 5.17. The number of nitrogens with zero attached hydrogens (tertiary/aromatic N) is 3. The lowest BCUT2D eigenvalue weighted by molar-refractivity contribution is 0.0564. The molecular weight excluding hydrogens is 326 g/mol. The van der Waals surface area contributed by atoms with Gasteiger partial charge in [0.05, 0.1) is 0 Å². The minimum Gasteiger partial charge on any atom is -0.443 e. The molecule has 1 amide bonds. The normalized spacial score (nSPS) is 19.8. The molecule has 1 aliphatic heterocycles. The largest absolute Gasteiger partial charge is 0.443 e. The molecule has 5 nitrogen and oxygen atoms in total. The van der Waals surface area contributed by atoms with Gasteiger partial charge in [-0.25, -0.2) is 9.78 Å². The summed E-state index contributed by atoms with van der Waals surface area (Å²) in [5.41, 5.74) is 0.609. The van der Waals surface area contributed by atoms with E-state index in [4.69, 9.17) is 4.74 Å². The Bertz CT molecular complexity index is 597. The van der Waals surface area contributed by atoms with E-state index in [1.165, 1.54) is 12.8 Å². The average Bonchev–Trinajstić information content (AvgIpc) is 2.60. The van der Waals surface area contributed by atoms with Crippen molar-refractivity contribution in [3.63, 3.8) is 0 Å². The molecule has 1 aromatic heterocycles. The predicted molar refractivity (Wildman–Crippen MR) is 107 cm³/mol. The molecule has 0 aliphatic carbocycles. The van der Waals surface area contributed by atoms with Crippen LogP contribution < -0.4 is 4.90 Å². The van der Waals surface area contributed by atoms with E-state index in [1.54, 1.807) is 11.1 Å². The summed E-state index contributed by atoms with van der Waals surface area (Å²) in [7, 11) is 0. The lowest BCUT2D eigenvalue weighted by Crippen LogP contribution is -2.44. The summed E-state index contributed by atoms with van der Waals surface area (Å²) < 4.78 is 5.71. The van der Waals surface area contributed by atoms with Gasteiger partial charge in [0, 0.05) is 23.8 Å². The van der Waals surface area contributed by atoms with Crippen molar-refractivity contribution in [2.24, 2.45) is 0 Å². The fourth-order valence-corrected chi connectivity index (χ4v) is 3.56. The zero-order valence-corrected chi connectivity index (χ0v) is 17.3. The molecule has 0 radical (unpaired) electrons. The maximum absolute atomic E-state index is 13.0. The van der Waals surface area contributed by atoms with Crippen molar-refractivity contribution >= 4 is 11.9 Å². The SMILES string of the molecule is CC[C@@H](C)N(C(=O)OC(C)(C)C)c1ncccc1[C@@H]1CCCCN1CC. The molecule has 1 saturated heterocycles. The van der Waals surface area contributed by atoms with Crippen LogP contribution in [0.1, 0.15) is 78.8 Å². The topological polar surface area (TPSA) is 45.7 Å². The molecule has 0 spiro atoms. The number of hydrogen-bond donors (Lipinski definition) is 0. The van der Waals surface area contributed by atoms with Gasteiger partial charge in [-0.2, -0.15) is 0 Å². The summed E-state index contributed by atoms with van der Waals surface area (Å²) >= 11 is 0. The molecule has 5 heteroatoms. The fourth-order valence-electron chi connectivity index (χ4n) is 3.56. The van der Waals surface area contributed by atoms with E-state index in [0.29, 0.717) is 6.04 Å². The van der Waals surface area contributed by atoms with Crippen LogP contribution >= 0.6 is 0 Å². The van der Waals surface area contributed by atoms with Crippen LogP contribution in [0.15, 0.2) is 18.3 Å². The van der Waals surface area contributed by atoms with Crippen LogP contribution in [0.2, 0.25) is 0 Å². The number of likely N-dealkylation sites (tertiary alicyclic amines) is 1. The van der Waals surface area contributed by atoms with E-state index in [1.807, 2.05) is 26.8 Å². The van der Waals surface area contributed by atoms with Gasteiger partial charge in [-0.15, -0.1) is 0 Å². The van der Waals surface area contributed by atoms with E-state index < -0.39 is 5.60 Å². The summed E-state index contributed by atoms with van der Waals surface area (Å²) in [6.45, 7) is 14.2. The Morgan fingerprint density at radius 3 is 2.73 bits per heavy atom. The van der Waals surface area contributed by atoms with Gasteiger partial charge < -0.3 is 4.74 Å². The Morgan fingerprint density at radius 1 is 1.38 bits per heavy atom. The Balaban J connectivity index is 2.44. The third-order valence-corrected chi connectivity index (χ3v) is 5.05. The number of amides is 1. The van der Waals surface area contributed by atoms with Crippen LogP contribution in [-0.4, -0.2) is 40.7 Å². The second-order valence-corrected chi connectivity index (χ2v) is 8.16. The maximum atomic E-state index is 13.0. The highest BCUT2D eigenvalue weighted by Crippen LogP contribution is 2.36.